The van der Waals surface area contributed by atoms with E-state index >= 15 is 0 Å². The van der Waals surface area contributed by atoms with Crippen LogP contribution in [-0.2, 0) is 0 Å². The van der Waals surface area contributed by atoms with E-state index in [4.69, 9.17) is 6.42 Å². The van der Waals surface area contributed by atoms with E-state index in [1.807, 2.05) is 30.3 Å². The molecule has 0 spiro atoms. The predicted octanol–water partition coefficient (Wildman–Crippen LogP) is 4.57. The van der Waals surface area contributed by atoms with Crippen molar-refractivity contribution in [1.82, 2.24) is 0 Å². The van der Waals surface area contributed by atoms with Crippen LogP contribution >= 0.6 is 0 Å². The van der Waals surface area contributed by atoms with Crippen molar-refractivity contribution >= 4 is 5.78 Å². The second kappa shape index (κ2) is 6.11. The molecular weight excluding hydrogens is 268 g/mol. The maximum atomic E-state index is 12.1. The van der Waals surface area contributed by atoms with Gasteiger partial charge in [0.15, 0.2) is 5.78 Å². The first-order chi connectivity index (χ1) is 10.8. The third-order valence-corrected chi connectivity index (χ3v) is 3.58. The largest absolute Gasteiger partial charge is 0.289 e. The molecule has 0 saturated carbocycles. The summed E-state index contributed by atoms with van der Waals surface area (Å²) in [6, 6.07) is 24.8. The van der Waals surface area contributed by atoms with Gasteiger partial charge in [-0.1, -0.05) is 72.7 Å². The zero-order valence-corrected chi connectivity index (χ0v) is 12.0. The molecule has 0 N–H and O–H groups in total. The standard InChI is InChI=1S/C15H10O.C6H4/c1-2-12-8-6-7-11-14(12)15(16)13-9-4-3-5-10-13;1-2-6-4-3-5(1)6/h1,3-11H;1-4H. The lowest BCUT2D eigenvalue weighted by Crippen LogP contribution is -2.03. The zero-order valence-electron chi connectivity index (χ0n) is 12.0. The molecule has 4 rings (SSSR count). The van der Waals surface area contributed by atoms with Crippen molar-refractivity contribution < 1.29 is 4.79 Å². The van der Waals surface area contributed by atoms with Crippen LogP contribution in [0.15, 0.2) is 78.9 Å². The Morgan fingerprint density at radius 2 is 1.27 bits per heavy atom. The monoisotopic (exact) mass is 282 g/mol. The molecule has 1 heteroatoms. The second-order valence-electron chi connectivity index (χ2n) is 4.96. The second-order valence-corrected chi connectivity index (χ2v) is 4.96. The van der Waals surface area contributed by atoms with Crippen LogP contribution < -0.4 is 0 Å². The number of ketones is 1. The highest BCUT2D eigenvalue weighted by Gasteiger charge is 2.11. The number of hydrogen-bond acceptors (Lipinski definition) is 1. The third kappa shape index (κ3) is 2.68. The van der Waals surface area contributed by atoms with Gasteiger partial charge in [0.05, 0.1) is 0 Å². The van der Waals surface area contributed by atoms with Crippen molar-refractivity contribution in [1.29, 1.82) is 0 Å². The van der Waals surface area contributed by atoms with Gasteiger partial charge in [-0.3, -0.25) is 4.79 Å². The fourth-order valence-corrected chi connectivity index (χ4v) is 2.21. The Hall–Kier alpha value is -3.11. The van der Waals surface area contributed by atoms with Gasteiger partial charge in [-0.2, -0.15) is 0 Å². The van der Waals surface area contributed by atoms with Crippen LogP contribution in [0.25, 0.3) is 11.1 Å². The van der Waals surface area contributed by atoms with E-state index in [1.165, 1.54) is 11.1 Å². The summed E-state index contributed by atoms with van der Waals surface area (Å²) in [5.74, 6) is 2.49. The molecule has 0 aliphatic heterocycles. The van der Waals surface area contributed by atoms with Gasteiger partial charge in [-0.05, 0) is 23.3 Å². The van der Waals surface area contributed by atoms with Crippen molar-refractivity contribution in [2.45, 2.75) is 0 Å². The van der Waals surface area contributed by atoms with Gasteiger partial charge in [-0.25, -0.2) is 0 Å². The van der Waals surface area contributed by atoms with Crippen molar-refractivity contribution in [3.8, 4) is 23.5 Å². The Bertz CT molecular complexity index is 816. The molecule has 0 bridgehead atoms. The van der Waals surface area contributed by atoms with Crippen LogP contribution in [0.4, 0.5) is 0 Å². The summed E-state index contributed by atoms with van der Waals surface area (Å²) in [5, 5.41) is 0. The normalized spacial score (nSPS) is 9.95. The van der Waals surface area contributed by atoms with Crippen molar-refractivity contribution in [3.63, 3.8) is 0 Å². The molecule has 0 aromatic heterocycles. The van der Waals surface area contributed by atoms with Crippen LogP contribution in [0, 0.1) is 12.3 Å². The van der Waals surface area contributed by atoms with Gasteiger partial charge in [-0.15, -0.1) is 6.42 Å². The minimum Gasteiger partial charge on any atom is -0.289 e. The molecule has 0 atom stereocenters. The van der Waals surface area contributed by atoms with Crippen molar-refractivity contribution in [2.24, 2.45) is 0 Å². The lowest BCUT2D eigenvalue weighted by atomic mass is 9.95. The molecule has 0 radical (unpaired) electrons. The molecule has 104 valence electrons. The average Bonchev–Trinajstić information content (AvgIpc) is 2.58. The molecule has 1 nitrogen and oxygen atoms in total. The molecule has 2 aliphatic carbocycles. The van der Waals surface area contributed by atoms with Gasteiger partial charge < -0.3 is 0 Å². The number of fused-ring (bicyclic) bond motifs is 1. The molecule has 0 heterocycles. The summed E-state index contributed by atoms with van der Waals surface area (Å²) in [7, 11) is 0. The smallest absolute Gasteiger partial charge is 0.194 e. The molecular formula is C21H14O. The summed E-state index contributed by atoms with van der Waals surface area (Å²) in [6.45, 7) is 0. The average molecular weight is 282 g/mol. The Kier molecular flexibility index (Phi) is 3.85. The topological polar surface area (TPSA) is 17.1 Å². The summed E-state index contributed by atoms with van der Waals surface area (Å²) < 4.78 is 0. The minimum absolute atomic E-state index is 0.0332. The SMILES string of the molecule is C#Cc1ccccc1C(=O)c1ccccc1.c1cc2ccc1-2. The lowest BCUT2D eigenvalue weighted by Gasteiger charge is -2.10. The van der Waals surface area contributed by atoms with Crippen LogP contribution in [0.2, 0.25) is 0 Å². The first-order valence-corrected chi connectivity index (χ1v) is 7.05. The van der Waals surface area contributed by atoms with Gasteiger partial charge in [0.25, 0.3) is 0 Å². The van der Waals surface area contributed by atoms with Crippen LogP contribution in [-0.4, -0.2) is 5.78 Å². The first kappa shape index (κ1) is 13.9. The predicted molar refractivity (Wildman–Crippen MR) is 89.7 cm³/mol. The number of carbonyl (C=O) groups is 1. The molecule has 0 saturated heterocycles. The van der Waals surface area contributed by atoms with E-state index in [-0.39, 0.29) is 5.78 Å². The molecule has 0 unspecified atom stereocenters. The summed E-state index contributed by atoms with van der Waals surface area (Å²) >= 11 is 0. The zero-order chi connectivity index (χ0) is 15.4. The Morgan fingerprint density at radius 3 is 1.77 bits per heavy atom. The Balaban J connectivity index is 0.000000196. The Labute approximate surface area is 130 Å². The van der Waals surface area contributed by atoms with Gasteiger partial charge >= 0.3 is 0 Å². The fourth-order valence-electron chi connectivity index (χ4n) is 2.21. The summed E-state index contributed by atoms with van der Waals surface area (Å²) in [4.78, 5) is 12.1. The molecule has 0 fully saturated rings. The van der Waals surface area contributed by atoms with Gasteiger partial charge in [0, 0.05) is 16.7 Å². The van der Waals surface area contributed by atoms with Crippen molar-refractivity contribution in [3.05, 3.63) is 95.6 Å². The maximum absolute atomic E-state index is 12.1. The lowest BCUT2D eigenvalue weighted by molar-refractivity contribution is 0.103. The molecule has 2 aliphatic rings. The Morgan fingerprint density at radius 1 is 0.727 bits per heavy atom. The maximum Gasteiger partial charge on any atom is 0.194 e. The quantitative estimate of drug-likeness (QED) is 0.389. The molecule has 2 aromatic rings. The highest BCUT2D eigenvalue weighted by Crippen LogP contribution is 2.29. The fraction of sp³-hybridized carbons (Fsp3) is 0. The number of terminal acetylenes is 1. The summed E-state index contributed by atoms with van der Waals surface area (Å²) in [5.41, 5.74) is 4.72. The minimum atomic E-state index is -0.0332. The van der Waals surface area contributed by atoms with E-state index in [0.717, 1.165) is 0 Å². The number of hydrogen-bond donors (Lipinski definition) is 0. The van der Waals surface area contributed by atoms with E-state index in [2.05, 4.69) is 30.2 Å². The number of benzene rings is 3. The first-order valence-electron chi connectivity index (χ1n) is 7.05. The van der Waals surface area contributed by atoms with Crippen molar-refractivity contribution in [2.75, 3.05) is 0 Å². The van der Waals surface area contributed by atoms with Crippen LogP contribution in [0.3, 0.4) is 0 Å². The van der Waals surface area contributed by atoms with Gasteiger partial charge in [0.2, 0.25) is 0 Å². The highest BCUT2D eigenvalue weighted by atomic mass is 16.1. The van der Waals surface area contributed by atoms with E-state index in [9.17, 15) is 4.79 Å². The third-order valence-electron chi connectivity index (χ3n) is 3.58. The highest BCUT2D eigenvalue weighted by molar-refractivity contribution is 6.10. The molecule has 0 amide bonds. The number of rotatable bonds is 2. The van der Waals surface area contributed by atoms with Crippen LogP contribution in [0.1, 0.15) is 21.5 Å². The molecule has 22 heavy (non-hydrogen) atoms. The van der Waals surface area contributed by atoms with E-state index < -0.39 is 0 Å². The molecule has 2 aromatic carbocycles. The summed E-state index contributed by atoms with van der Waals surface area (Å²) in [6.07, 6.45) is 5.36. The number of carbonyl (C=O) groups excluding carboxylic acids is 1. The van der Waals surface area contributed by atoms with E-state index in [1.54, 1.807) is 24.3 Å². The van der Waals surface area contributed by atoms with Crippen LogP contribution in [0.5, 0.6) is 0 Å². The van der Waals surface area contributed by atoms with Gasteiger partial charge in [0.1, 0.15) is 0 Å². The van der Waals surface area contributed by atoms with E-state index in [0.29, 0.717) is 16.7 Å².